The first kappa shape index (κ1) is 20.6. The molecule has 2 aromatic carbocycles. The minimum Gasteiger partial charge on any atom is -0.493 e. The highest BCUT2D eigenvalue weighted by Crippen LogP contribution is 2.28. The van der Waals surface area contributed by atoms with Crippen LogP contribution < -0.4 is 20.3 Å². The maximum absolute atomic E-state index is 12.1. The fourth-order valence-corrected chi connectivity index (χ4v) is 2.51. The Morgan fingerprint density at radius 1 is 1.07 bits per heavy atom. The van der Waals surface area contributed by atoms with Crippen LogP contribution in [0, 0.1) is 0 Å². The van der Waals surface area contributed by atoms with E-state index in [1.165, 1.54) is 18.2 Å². The Morgan fingerprint density at radius 3 is 2.56 bits per heavy atom. The summed E-state index contributed by atoms with van der Waals surface area (Å²) in [6.45, 7) is 2.35. The van der Waals surface area contributed by atoms with Gasteiger partial charge in [0.2, 0.25) is 0 Å². The molecule has 2 aromatic rings. The number of hydrogen-bond donors (Lipinski definition) is 2. The molecule has 27 heavy (non-hydrogen) atoms. The lowest BCUT2D eigenvalue weighted by atomic mass is 10.2. The van der Waals surface area contributed by atoms with E-state index in [2.05, 4.69) is 10.9 Å². The van der Waals surface area contributed by atoms with Crippen molar-refractivity contribution in [2.75, 3.05) is 13.7 Å². The Balaban J connectivity index is 1.98. The number of ether oxygens (including phenoxy) is 2. The molecule has 0 aliphatic rings. The number of carbonyl (C=O) groups is 2. The van der Waals surface area contributed by atoms with Gasteiger partial charge in [-0.2, -0.15) is 0 Å². The maximum Gasteiger partial charge on any atom is 0.271 e. The van der Waals surface area contributed by atoms with Gasteiger partial charge in [-0.15, -0.1) is 0 Å². The van der Waals surface area contributed by atoms with Crippen LogP contribution in [0.3, 0.4) is 0 Å². The van der Waals surface area contributed by atoms with Crippen LogP contribution in [0.1, 0.15) is 22.8 Å². The number of amides is 2. The summed E-state index contributed by atoms with van der Waals surface area (Å²) in [5.41, 5.74) is 5.44. The molecule has 6 nitrogen and oxygen atoms in total. The van der Waals surface area contributed by atoms with Gasteiger partial charge in [0.15, 0.2) is 11.5 Å². The van der Waals surface area contributed by atoms with Crippen LogP contribution in [0.5, 0.6) is 11.5 Å². The van der Waals surface area contributed by atoms with E-state index >= 15 is 0 Å². The topological polar surface area (TPSA) is 76.7 Å². The summed E-state index contributed by atoms with van der Waals surface area (Å²) in [6, 6.07) is 9.73. The maximum atomic E-state index is 12.1. The Bertz CT molecular complexity index is 869. The number of hydrazine groups is 1. The number of nitrogens with one attached hydrogen (secondary N) is 2. The van der Waals surface area contributed by atoms with E-state index in [0.29, 0.717) is 23.1 Å². The lowest BCUT2D eigenvalue weighted by Gasteiger charge is -2.09. The van der Waals surface area contributed by atoms with Crippen LogP contribution >= 0.6 is 23.2 Å². The largest absolute Gasteiger partial charge is 0.493 e. The van der Waals surface area contributed by atoms with Crippen LogP contribution in [0.15, 0.2) is 42.5 Å². The van der Waals surface area contributed by atoms with Gasteiger partial charge in [-0.1, -0.05) is 29.3 Å². The average molecular weight is 409 g/mol. The first-order valence-corrected chi connectivity index (χ1v) is 8.74. The number of halogens is 2. The van der Waals surface area contributed by atoms with E-state index in [1.807, 2.05) is 6.92 Å². The van der Waals surface area contributed by atoms with Gasteiger partial charge in [0, 0.05) is 11.1 Å². The normalized spacial score (nSPS) is 10.5. The number of methoxy groups -OCH3 is 1. The number of benzene rings is 2. The minimum atomic E-state index is -0.577. The predicted molar refractivity (Wildman–Crippen MR) is 105 cm³/mol. The highest BCUT2D eigenvalue weighted by Gasteiger charge is 2.11. The second-order valence-corrected chi connectivity index (χ2v) is 6.09. The second-order valence-electron chi connectivity index (χ2n) is 5.24. The summed E-state index contributed by atoms with van der Waals surface area (Å²) < 4.78 is 10.7. The minimum absolute atomic E-state index is 0.157. The van der Waals surface area contributed by atoms with Gasteiger partial charge in [0.1, 0.15) is 0 Å². The molecule has 0 aliphatic heterocycles. The Hall–Kier alpha value is -2.70. The van der Waals surface area contributed by atoms with Crippen molar-refractivity contribution >= 4 is 41.1 Å². The van der Waals surface area contributed by atoms with Crippen molar-refractivity contribution in [2.45, 2.75) is 6.92 Å². The lowest BCUT2D eigenvalue weighted by molar-refractivity contribution is -0.117. The molecule has 8 heteroatoms. The number of rotatable bonds is 6. The quantitative estimate of drug-likeness (QED) is 0.561. The molecule has 0 atom stereocenters. The smallest absolute Gasteiger partial charge is 0.271 e. The monoisotopic (exact) mass is 408 g/mol. The molecular weight excluding hydrogens is 391 g/mol. The Kier molecular flexibility index (Phi) is 7.52. The van der Waals surface area contributed by atoms with Gasteiger partial charge in [0.25, 0.3) is 11.8 Å². The van der Waals surface area contributed by atoms with Crippen molar-refractivity contribution in [3.8, 4) is 11.5 Å². The van der Waals surface area contributed by atoms with Gasteiger partial charge in [0.05, 0.1) is 24.3 Å². The number of carbonyl (C=O) groups excluding carboxylic acids is 2. The van der Waals surface area contributed by atoms with Crippen molar-refractivity contribution < 1.29 is 19.1 Å². The van der Waals surface area contributed by atoms with Crippen LogP contribution in [0.4, 0.5) is 0 Å². The molecule has 0 fully saturated rings. The third kappa shape index (κ3) is 5.91. The zero-order valence-corrected chi connectivity index (χ0v) is 16.2. The predicted octanol–water partition coefficient (Wildman–Crippen LogP) is 3.88. The molecule has 0 bridgehead atoms. The fourth-order valence-electron chi connectivity index (χ4n) is 2.14. The molecule has 2 rings (SSSR count). The average Bonchev–Trinajstić information content (AvgIpc) is 2.66. The molecule has 0 saturated carbocycles. The van der Waals surface area contributed by atoms with E-state index < -0.39 is 11.8 Å². The summed E-state index contributed by atoms with van der Waals surface area (Å²) in [7, 11) is 1.55. The van der Waals surface area contributed by atoms with Crippen molar-refractivity contribution in [3.63, 3.8) is 0 Å². The molecule has 0 radical (unpaired) electrons. The van der Waals surface area contributed by atoms with Gasteiger partial charge in [-0.25, -0.2) is 0 Å². The SMILES string of the molecule is CCOc1cc(/C=C/C(=O)NNC(=O)c2cc(Cl)ccc2Cl)ccc1OC. The summed E-state index contributed by atoms with van der Waals surface area (Å²) in [5, 5.41) is 0.587. The molecule has 0 heterocycles. The molecule has 0 aliphatic carbocycles. The number of hydrogen-bond acceptors (Lipinski definition) is 4. The van der Waals surface area contributed by atoms with E-state index in [-0.39, 0.29) is 10.6 Å². The van der Waals surface area contributed by atoms with E-state index in [1.54, 1.807) is 37.5 Å². The molecule has 0 unspecified atom stereocenters. The highest BCUT2D eigenvalue weighted by atomic mass is 35.5. The third-order valence-electron chi connectivity index (χ3n) is 3.39. The second kappa shape index (κ2) is 9.85. The van der Waals surface area contributed by atoms with Crippen LogP contribution in [-0.4, -0.2) is 25.5 Å². The molecule has 0 spiro atoms. The van der Waals surface area contributed by atoms with Crippen molar-refractivity contribution in [1.29, 1.82) is 0 Å². The lowest BCUT2D eigenvalue weighted by Crippen LogP contribution is -2.40. The fraction of sp³-hybridized carbons (Fsp3) is 0.158. The molecule has 142 valence electrons. The van der Waals surface area contributed by atoms with Crippen molar-refractivity contribution in [2.24, 2.45) is 0 Å². The van der Waals surface area contributed by atoms with Crippen molar-refractivity contribution in [3.05, 3.63) is 63.6 Å². The standard InChI is InChI=1S/C19H18Cl2N2O4/c1-3-27-17-10-12(4-8-16(17)26-2)5-9-18(24)22-23-19(25)14-11-13(20)6-7-15(14)21/h4-11H,3H2,1-2H3,(H,22,24)(H,23,25)/b9-5+. The van der Waals surface area contributed by atoms with Crippen LogP contribution in [0.25, 0.3) is 6.08 Å². The summed E-state index contributed by atoms with van der Waals surface area (Å²) >= 11 is 11.8. The van der Waals surface area contributed by atoms with Crippen LogP contribution in [-0.2, 0) is 4.79 Å². The molecule has 2 amide bonds. The summed E-state index contributed by atoms with van der Waals surface area (Å²) in [4.78, 5) is 24.0. The molecular formula is C19H18Cl2N2O4. The Morgan fingerprint density at radius 2 is 1.85 bits per heavy atom. The first-order chi connectivity index (χ1) is 12.9. The van der Waals surface area contributed by atoms with E-state index in [0.717, 1.165) is 5.56 Å². The Labute approximate surface area is 167 Å². The zero-order chi connectivity index (χ0) is 19.8. The van der Waals surface area contributed by atoms with Gasteiger partial charge >= 0.3 is 0 Å². The molecule has 2 N–H and O–H groups in total. The first-order valence-electron chi connectivity index (χ1n) is 7.99. The van der Waals surface area contributed by atoms with Gasteiger partial charge < -0.3 is 9.47 Å². The van der Waals surface area contributed by atoms with Gasteiger partial charge in [-0.05, 0) is 48.9 Å². The highest BCUT2D eigenvalue weighted by molar-refractivity contribution is 6.35. The van der Waals surface area contributed by atoms with Gasteiger partial charge in [-0.3, -0.25) is 20.4 Å². The third-order valence-corrected chi connectivity index (χ3v) is 3.95. The van der Waals surface area contributed by atoms with Crippen LogP contribution in [0.2, 0.25) is 10.0 Å². The zero-order valence-electron chi connectivity index (χ0n) is 14.7. The van der Waals surface area contributed by atoms with E-state index in [9.17, 15) is 9.59 Å². The summed E-state index contributed by atoms with van der Waals surface area (Å²) in [6.07, 6.45) is 2.85. The molecule has 0 aromatic heterocycles. The van der Waals surface area contributed by atoms with Crippen molar-refractivity contribution in [1.82, 2.24) is 10.9 Å². The molecule has 0 saturated heterocycles. The summed E-state index contributed by atoms with van der Waals surface area (Å²) in [5.74, 6) is 0.0817. The van der Waals surface area contributed by atoms with E-state index in [4.69, 9.17) is 32.7 Å².